The van der Waals surface area contributed by atoms with Crippen molar-refractivity contribution in [3.63, 3.8) is 0 Å². The number of carbonyl (C=O) groups excluding carboxylic acids is 1. The van der Waals surface area contributed by atoms with Gasteiger partial charge in [-0.15, -0.1) is 16.8 Å². The number of carbonyl (C=O) groups is 1. The zero-order chi connectivity index (χ0) is 21.7. The van der Waals surface area contributed by atoms with Gasteiger partial charge in [0.2, 0.25) is 0 Å². The standard InChI is InChI=1S/C23H28N4O2S/c1-6-11-27-22(14-29-19-10-8-9-16(3)12-19)24-25-23(27)30-15-21(28)20-13-17(4)26(7-2)18(20)5/h6,8-10,12-13H,1,7,11,14-15H2,2-5H3. The quantitative estimate of drug-likeness (QED) is 0.267. The van der Waals surface area contributed by atoms with Crippen LogP contribution < -0.4 is 4.74 Å². The molecule has 0 aliphatic rings. The molecular weight excluding hydrogens is 396 g/mol. The van der Waals surface area contributed by atoms with Crippen molar-refractivity contribution in [2.75, 3.05) is 5.75 Å². The van der Waals surface area contributed by atoms with Crippen molar-refractivity contribution in [3.05, 3.63) is 71.3 Å². The lowest BCUT2D eigenvalue weighted by molar-refractivity contribution is 0.102. The van der Waals surface area contributed by atoms with Gasteiger partial charge >= 0.3 is 0 Å². The van der Waals surface area contributed by atoms with E-state index in [9.17, 15) is 4.79 Å². The molecule has 7 heteroatoms. The predicted octanol–water partition coefficient (Wildman–Crippen LogP) is 4.76. The Labute approximate surface area is 182 Å². The predicted molar refractivity (Wildman–Crippen MR) is 120 cm³/mol. The molecule has 0 bridgehead atoms. The third-order valence-corrected chi connectivity index (χ3v) is 5.95. The highest BCUT2D eigenvalue weighted by atomic mass is 32.2. The Hall–Kier alpha value is -2.80. The summed E-state index contributed by atoms with van der Waals surface area (Å²) < 4.78 is 9.97. The Bertz CT molecular complexity index is 1050. The van der Waals surface area contributed by atoms with E-state index in [1.807, 2.05) is 55.7 Å². The normalized spacial score (nSPS) is 10.9. The molecule has 0 aliphatic carbocycles. The molecule has 2 heterocycles. The highest BCUT2D eigenvalue weighted by molar-refractivity contribution is 7.99. The van der Waals surface area contributed by atoms with Crippen molar-refractivity contribution in [3.8, 4) is 5.75 Å². The molecule has 0 unspecified atom stereocenters. The monoisotopic (exact) mass is 424 g/mol. The molecule has 0 saturated heterocycles. The topological polar surface area (TPSA) is 61.9 Å². The summed E-state index contributed by atoms with van der Waals surface area (Å²) in [6.45, 7) is 13.7. The van der Waals surface area contributed by atoms with E-state index in [2.05, 4.69) is 28.3 Å². The Kier molecular flexibility index (Phi) is 7.15. The molecule has 0 fully saturated rings. The molecule has 6 nitrogen and oxygen atoms in total. The first-order chi connectivity index (χ1) is 14.4. The molecule has 0 aliphatic heterocycles. The summed E-state index contributed by atoms with van der Waals surface area (Å²) in [5, 5.41) is 9.25. The van der Waals surface area contributed by atoms with E-state index in [0.29, 0.717) is 29.9 Å². The van der Waals surface area contributed by atoms with Gasteiger partial charge in [-0.1, -0.05) is 30.0 Å². The minimum absolute atomic E-state index is 0.0958. The molecule has 3 aromatic rings. The second kappa shape index (κ2) is 9.80. The maximum atomic E-state index is 12.8. The number of ketones is 1. The van der Waals surface area contributed by atoms with Crippen molar-refractivity contribution in [1.29, 1.82) is 0 Å². The molecular formula is C23H28N4O2S. The summed E-state index contributed by atoms with van der Waals surface area (Å²) in [6, 6.07) is 9.85. The van der Waals surface area contributed by atoms with E-state index in [-0.39, 0.29) is 5.78 Å². The van der Waals surface area contributed by atoms with Crippen LogP contribution in [0.5, 0.6) is 5.75 Å². The number of ether oxygens (including phenoxy) is 1. The first-order valence-electron chi connectivity index (χ1n) is 9.99. The molecule has 3 rings (SSSR count). The first-order valence-corrected chi connectivity index (χ1v) is 11.0. The third kappa shape index (κ3) is 4.84. The second-order valence-corrected chi connectivity index (χ2v) is 8.09. The lowest BCUT2D eigenvalue weighted by Crippen LogP contribution is -2.09. The Morgan fingerprint density at radius 1 is 1.20 bits per heavy atom. The largest absolute Gasteiger partial charge is 0.486 e. The number of aryl methyl sites for hydroxylation is 2. The van der Waals surface area contributed by atoms with Crippen LogP contribution in [0.2, 0.25) is 0 Å². The van der Waals surface area contributed by atoms with Gasteiger partial charge in [0.25, 0.3) is 0 Å². The smallest absolute Gasteiger partial charge is 0.192 e. The average molecular weight is 425 g/mol. The van der Waals surface area contributed by atoms with E-state index in [1.165, 1.54) is 11.8 Å². The van der Waals surface area contributed by atoms with E-state index in [1.54, 1.807) is 6.08 Å². The van der Waals surface area contributed by atoms with Crippen LogP contribution in [0.3, 0.4) is 0 Å². The molecule has 0 spiro atoms. The van der Waals surface area contributed by atoms with Crippen LogP contribution in [-0.4, -0.2) is 30.9 Å². The van der Waals surface area contributed by atoms with Crippen molar-refractivity contribution in [2.45, 2.75) is 52.5 Å². The zero-order valence-corrected chi connectivity index (χ0v) is 18.8. The molecule has 30 heavy (non-hydrogen) atoms. The van der Waals surface area contributed by atoms with Gasteiger partial charge < -0.3 is 9.30 Å². The number of allylic oxidation sites excluding steroid dienone is 1. The van der Waals surface area contributed by atoms with E-state index in [4.69, 9.17) is 4.74 Å². The van der Waals surface area contributed by atoms with Gasteiger partial charge in [0, 0.05) is 30.0 Å². The van der Waals surface area contributed by atoms with Gasteiger partial charge in [-0.05, 0) is 51.5 Å². The van der Waals surface area contributed by atoms with Crippen LogP contribution in [0, 0.1) is 20.8 Å². The molecule has 0 atom stereocenters. The van der Waals surface area contributed by atoms with Crippen LogP contribution in [0.4, 0.5) is 0 Å². The fourth-order valence-corrected chi connectivity index (χ4v) is 4.33. The van der Waals surface area contributed by atoms with Crippen LogP contribution in [0.15, 0.2) is 48.1 Å². The number of hydrogen-bond acceptors (Lipinski definition) is 5. The summed E-state index contributed by atoms with van der Waals surface area (Å²) in [5.41, 5.74) is 4.03. The van der Waals surface area contributed by atoms with Crippen LogP contribution in [0.1, 0.15) is 40.1 Å². The number of thioether (sulfide) groups is 1. The van der Waals surface area contributed by atoms with Crippen molar-refractivity contribution in [1.82, 2.24) is 19.3 Å². The molecule has 2 aromatic heterocycles. The van der Waals surface area contributed by atoms with E-state index >= 15 is 0 Å². The van der Waals surface area contributed by atoms with E-state index in [0.717, 1.165) is 34.8 Å². The van der Waals surface area contributed by atoms with Gasteiger partial charge in [0.05, 0.1) is 5.75 Å². The lowest BCUT2D eigenvalue weighted by Gasteiger charge is -2.09. The van der Waals surface area contributed by atoms with Gasteiger partial charge in [0.15, 0.2) is 16.8 Å². The van der Waals surface area contributed by atoms with Gasteiger partial charge in [-0.3, -0.25) is 9.36 Å². The number of benzene rings is 1. The minimum atomic E-state index is 0.0958. The first kappa shape index (κ1) is 21.9. The molecule has 0 radical (unpaired) electrons. The van der Waals surface area contributed by atoms with Gasteiger partial charge in [-0.25, -0.2) is 0 Å². The van der Waals surface area contributed by atoms with Gasteiger partial charge in [-0.2, -0.15) is 0 Å². The third-order valence-electron chi connectivity index (χ3n) is 4.99. The highest BCUT2D eigenvalue weighted by Gasteiger charge is 2.18. The minimum Gasteiger partial charge on any atom is -0.486 e. The van der Waals surface area contributed by atoms with E-state index < -0.39 is 0 Å². The van der Waals surface area contributed by atoms with Crippen molar-refractivity contribution < 1.29 is 9.53 Å². The lowest BCUT2D eigenvalue weighted by atomic mass is 10.2. The Morgan fingerprint density at radius 2 is 2.00 bits per heavy atom. The molecule has 0 N–H and O–H groups in total. The highest BCUT2D eigenvalue weighted by Crippen LogP contribution is 2.23. The zero-order valence-electron chi connectivity index (χ0n) is 18.0. The average Bonchev–Trinajstić information content (AvgIpc) is 3.24. The number of hydrogen-bond donors (Lipinski definition) is 0. The number of aromatic nitrogens is 4. The maximum absolute atomic E-state index is 12.8. The molecule has 0 amide bonds. The van der Waals surface area contributed by atoms with Crippen LogP contribution in [0.25, 0.3) is 0 Å². The molecule has 1 aromatic carbocycles. The number of Topliss-reactive ketones (excluding diaryl/α,β-unsaturated/α-hetero) is 1. The van der Waals surface area contributed by atoms with Crippen LogP contribution in [-0.2, 0) is 19.7 Å². The SMILES string of the molecule is C=CCn1c(COc2cccc(C)c2)nnc1SCC(=O)c1cc(C)n(CC)c1C. The summed E-state index contributed by atoms with van der Waals surface area (Å²) in [4.78, 5) is 12.8. The van der Waals surface area contributed by atoms with Crippen molar-refractivity contribution in [2.24, 2.45) is 0 Å². The maximum Gasteiger partial charge on any atom is 0.192 e. The molecule has 0 saturated carbocycles. The van der Waals surface area contributed by atoms with Gasteiger partial charge in [0.1, 0.15) is 12.4 Å². The summed E-state index contributed by atoms with van der Waals surface area (Å²) in [5.74, 6) is 1.90. The fraction of sp³-hybridized carbons (Fsp3) is 0.348. The summed E-state index contributed by atoms with van der Waals surface area (Å²) >= 11 is 1.39. The number of nitrogens with zero attached hydrogens (tertiary/aromatic N) is 4. The Balaban J connectivity index is 1.70. The Morgan fingerprint density at radius 3 is 2.67 bits per heavy atom. The fourth-order valence-electron chi connectivity index (χ4n) is 3.48. The van der Waals surface area contributed by atoms with Crippen LogP contribution >= 0.6 is 11.8 Å². The number of rotatable bonds is 10. The summed E-state index contributed by atoms with van der Waals surface area (Å²) in [6.07, 6.45) is 1.79. The molecule has 158 valence electrons. The van der Waals surface area contributed by atoms with Crippen molar-refractivity contribution >= 4 is 17.5 Å². The summed E-state index contributed by atoms with van der Waals surface area (Å²) in [7, 11) is 0. The second-order valence-electron chi connectivity index (χ2n) is 7.14.